The first kappa shape index (κ1) is 11.1. The first-order chi connectivity index (χ1) is 7.13. The van der Waals surface area contributed by atoms with E-state index in [4.69, 9.17) is 5.11 Å². The van der Waals surface area contributed by atoms with Gasteiger partial charge in [-0.15, -0.1) is 0 Å². The van der Waals surface area contributed by atoms with E-state index < -0.39 is 11.8 Å². The molecule has 1 aromatic rings. The van der Waals surface area contributed by atoms with E-state index in [0.29, 0.717) is 0 Å². The van der Waals surface area contributed by atoms with Crippen LogP contribution in [0.5, 0.6) is 5.75 Å². The number of phenolic OH excluding ortho intramolecular Hbond substituents is 1. The molecule has 0 bridgehead atoms. The van der Waals surface area contributed by atoms with Gasteiger partial charge in [0.25, 0.3) is 0 Å². The van der Waals surface area contributed by atoms with E-state index in [9.17, 15) is 9.18 Å². The highest BCUT2D eigenvalue weighted by molar-refractivity contribution is 5.72. The Balaban J connectivity index is 2.79. The number of carbonyl (C=O) groups is 1. The Bertz CT molecular complexity index is 429. The summed E-state index contributed by atoms with van der Waals surface area (Å²) in [5, 5.41) is 9.07. The summed E-state index contributed by atoms with van der Waals surface area (Å²) >= 11 is 0. The van der Waals surface area contributed by atoms with Gasteiger partial charge in [0.05, 0.1) is 12.7 Å². The second-order valence-corrected chi connectivity index (χ2v) is 2.72. The summed E-state index contributed by atoms with van der Waals surface area (Å²) in [7, 11) is 1.25. The highest BCUT2D eigenvalue weighted by Gasteiger charge is 2.00. The number of aromatic hydroxyl groups is 1. The lowest BCUT2D eigenvalue weighted by atomic mass is 10.2. The highest BCUT2D eigenvalue weighted by Crippen LogP contribution is 2.13. The van der Waals surface area contributed by atoms with Crippen molar-refractivity contribution in [2.75, 3.05) is 7.11 Å². The minimum Gasteiger partial charge on any atom is -0.508 e. The number of ether oxygens (including phenoxy) is 1. The summed E-state index contributed by atoms with van der Waals surface area (Å²) in [4.78, 5) is 10.7. The molecule has 1 aromatic carbocycles. The maximum absolute atomic E-state index is 13.0. The molecule has 78 valence electrons. The molecule has 0 atom stereocenters. The molecule has 0 spiro atoms. The number of methoxy groups -OCH3 is 1. The Morgan fingerprint density at radius 3 is 3.00 bits per heavy atom. The van der Waals surface area contributed by atoms with Crippen LogP contribution in [0.15, 0.2) is 18.2 Å². The average molecular weight is 208 g/mol. The van der Waals surface area contributed by atoms with Crippen LogP contribution in [0.4, 0.5) is 4.39 Å². The van der Waals surface area contributed by atoms with Crippen LogP contribution in [0, 0.1) is 17.7 Å². The fourth-order valence-corrected chi connectivity index (χ4v) is 0.893. The van der Waals surface area contributed by atoms with Crippen LogP contribution in [0.1, 0.15) is 12.0 Å². The van der Waals surface area contributed by atoms with Gasteiger partial charge in [-0.1, -0.05) is 11.8 Å². The predicted octanol–water partition coefficient (Wildman–Crippen LogP) is 1.45. The van der Waals surface area contributed by atoms with Gasteiger partial charge >= 0.3 is 5.97 Å². The van der Waals surface area contributed by atoms with Crippen LogP contribution in [-0.4, -0.2) is 18.2 Å². The zero-order chi connectivity index (χ0) is 11.3. The number of hydrogen-bond donors (Lipinski definition) is 1. The molecule has 0 amide bonds. The van der Waals surface area contributed by atoms with Crippen LogP contribution >= 0.6 is 0 Å². The zero-order valence-corrected chi connectivity index (χ0v) is 8.08. The number of halogens is 1. The van der Waals surface area contributed by atoms with Gasteiger partial charge < -0.3 is 9.84 Å². The Hall–Kier alpha value is -2.02. The van der Waals surface area contributed by atoms with Crippen LogP contribution in [-0.2, 0) is 9.53 Å². The van der Waals surface area contributed by atoms with Gasteiger partial charge in [0, 0.05) is 0 Å². The molecule has 0 heterocycles. The van der Waals surface area contributed by atoms with Crippen molar-refractivity contribution in [3.8, 4) is 17.6 Å². The molecule has 0 aromatic heterocycles. The lowest BCUT2D eigenvalue weighted by Crippen LogP contribution is -1.97. The van der Waals surface area contributed by atoms with E-state index in [1.165, 1.54) is 19.2 Å². The SMILES string of the molecule is COC(=O)CC#Cc1cc(O)ccc1F. The smallest absolute Gasteiger partial charge is 0.317 e. The highest BCUT2D eigenvalue weighted by atomic mass is 19.1. The number of rotatable bonds is 1. The van der Waals surface area contributed by atoms with Crippen molar-refractivity contribution >= 4 is 5.97 Å². The molecule has 0 saturated heterocycles. The maximum Gasteiger partial charge on any atom is 0.317 e. The van der Waals surface area contributed by atoms with Crippen molar-refractivity contribution in [1.82, 2.24) is 0 Å². The van der Waals surface area contributed by atoms with Crippen molar-refractivity contribution in [2.45, 2.75) is 6.42 Å². The second-order valence-electron chi connectivity index (χ2n) is 2.72. The third-order valence-corrected chi connectivity index (χ3v) is 1.63. The summed E-state index contributed by atoms with van der Waals surface area (Å²) < 4.78 is 17.4. The summed E-state index contributed by atoms with van der Waals surface area (Å²) in [6.45, 7) is 0. The Labute approximate surface area is 86.5 Å². The number of benzene rings is 1. The molecule has 4 heteroatoms. The average Bonchev–Trinajstić information content (AvgIpc) is 2.23. The van der Waals surface area contributed by atoms with E-state index in [1.807, 2.05) is 0 Å². The first-order valence-electron chi connectivity index (χ1n) is 4.17. The van der Waals surface area contributed by atoms with Crippen LogP contribution in [0.25, 0.3) is 0 Å². The fraction of sp³-hybridized carbons (Fsp3) is 0.182. The van der Waals surface area contributed by atoms with E-state index in [-0.39, 0.29) is 17.7 Å². The Morgan fingerprint density at radius 1 is 1.60 bits per heavy atom. The van der Waals surface area contributed by atoms with Gasteiger partial charge in [-0.05, 0) is 18.2 Å². The molecule has 0 unspecified atom stereocenters. The fourth-order valence-electron chi connectivity index (χ4n) is 0.893. The summed E-state index contributed by atoms with van der Waals surface area (Å²) in [6.07, 6.45) is -0.106. The molecule has 0 fully saturated rings. The summed E-state index contributed by atoms with van der Waals surface area (Å²) in [5.74, 6) is 3.79. The van der Waals surface area contributed by atoms with Crippen LogP contribution in [0.3, 0.4) is 0 Å². The van der Waals surface area contributed by atoms with E-state index in [2.05, 4.69) is 16.6 Å². The molecular weight excluding hydrogens is 199 g/mol. The molecule has 0 saturated carbocycles. The normalized spacial score (nSPS) is 8.93. The number of phenols is 1. The van der Waals surface area contributed by atoms with E-state index in [0.717, 1.165) is 6.07 Å². The molecule has 0 aliphatic heterocycles. The molecule has 1 rings (SSSR count). The van der Waals surface area contributed by atoms with Crippen molar-refractivity contribution in [3.63, 3.8) is 0 Å². The topological polar surface area (TPSA) is 46.5 Å². The summed E-state index contributed by atoms with van der Waals surface area (Å²) in [6, 6.07) is 3.53. The zero-order valence-electron chi connectivity index (χ0n) is 8.08. The second kappa shape index (κ2) is 5.01. The number of carbonyl (C=O) groups excluding carboxylic acids is 1. The summed E-state index contributed by atoms with van der Waals surface area (Å²) in [5.41, 5.74) is 0.0545. The predicted molar refractivity (Wildman–Crippen MR) is 51.6 cm³/mol. The molecule has 15 heavy (non-hydrogen) atoms. The van der Waals surface area contributed by atoms with Gasteiger partial charge in [0.15, 0.2) is 0 Å². The third kappa shape index (κ3) is 3.31. The standard InChI is InChI=1S/C11H9FO3/c1-15-11(14)4-2-3-8-7-9(13)5-6-10(8)12/h5-7,13H,4H2,1H3. The van der Waals surface area contributed by atoms with Gasteiger partial charge in [-0.2, -0.15) is 0 Å². The Kier molecular flexibility index (Phi) is 3.69. The molecule has 3 nitrogen and oxygen atoms in total. The van der Waals surface area contributed by atoms with Gasteiger partial charge in [0.2, 0.25) is 0 Å². The van der Waals surface area contributed by atoms with Crippen molar-refractivity contribution in [2.24, 2.45) is 0 Å². The van der Waals surface area contributed by atoms with Crippen LogP contribution < -0.4 is 0 Å². The lowest BCUT2D eigenvalue weighted by molar-refractivity contribution is -0.139. The van der Waals surface area contributed by atoms with Crippen molar-refractivity contribution in [3.05, 3.63) is 29.6 Å². The van der Waals surface area contributed by atoms with Gasteiger partial charge in [-0.3, -0.25) is 4.79 Å². The minimum atomic E-state index is -0.537. The van der Waals surface area contributed by atoms with E-state index >= 15 is 0 Å². The van der Waals surface area contributed by atoms with Crippen LogP contribution in [0.2, 0.25) is 0 Å². The van der Waals surface area contributed by atoms with Crippen molar-refractivity contribution < 1.29 is 19.0 Å². The molecule has 1 N–H and O–H groups in total. The molecule has 0 aliphatic rings. The lowest BCUT2D eigenvalue weighted by Gasteiger charge is -1.95. The third-order valence-electron chi connectivity index (χ3n) is 1.63. The minimum absolute atomic E-state index is 0.0545. The maximum atomic E-state index is 13.0. The van der Waals surface area contributed by atoms with Gasteiger partial charge in [0.1, 0.15) is 18.0 Å². The van der Waals surface area contributed by atoms with Crippen molar-refractivity contribution in [1.29, 1.82) is 0 Å². The monoisotopic (exact) mass is 208 g/mol. The van der Waals surface area contributed by atoms with E-state index in [1.54, 1.807) is 0 Å². The number of hydrogen-bond acceptors (Lipinski definition) is 3. The quantitative estimate of drug-likeness (QED) is 0.561. The largest absolute Gasteiger partial charge is 0.508 e. The molecular formula is C11H9FO3. The molecule has 0 radical (unpaired) electrons. The number of esters is 1. The first-order valence-corrected chi connectivity index (χ1v) is 4.17. The van der Waals surface area contributed by atoms with Gasteiger partial charge in [-0.25, -0.2) is 4.39 Å². The molecule has 0 aliphatic carbocycles. The Morgan fingerprint density at radius 2 is 2.33 bits per heavy atom.